The number of aryl methyl sites for hydroxylation is 2. The first-order chi connectivity index (χ1) is 11.0. The van der Waals surface area contributed by atoms with Crippen molar-refractivity contribution in [2.75, 3.05) is 0 Å². The standard InChI is InChI=1S/C16H12Cl2N4O/c1-9-3-5-10(6-4-9)13-11(7-21-22(13)2)14(23)12-15(17)19-8-20-16(12)18/h3-8H,1-2H3. The summed E-state index contributed by atoms with van der Waals surface area (Å²) in [7, 11) is 1.77. The molecule has 23 heavy (non-hydrogen) atoms. The van der Waals surface area contributed by atoms with Gasteiger partial charge < -0.3 is 0 Å². The molecule has 0 aliphatic rings. The normalized spacial score (nSPS) is 10.8. The van der Waals surface area contributed by atoms with Crippen LogP contribution in [0, 0.1) is 6.92 Å². The highest BCUT2D eigenvalue weighted by molar-refractivity contribution is 6.39. The van der Waals surface area contributed by atoms with E-state index in [1.807, 2.05) is 31.2 Å². The Morgan fingerprint density at radius 2 is 1.70 bits per heavy atom. The van der Waals surface area contributed by atoms with Gasteiger partial charge in [0.25, 0.3) is 0 Å². The number of nitrogens with zero attached hydrogens (tertiary/aromatic N) is 4. The Morgan fingerprint density at radius 3 is 2.30 bits per heavy atom. The number of carbonyl (C=O) groups excluding carboxylic acids is 1. The summed E-state index contributed by atoms with van der Waals surface area (Å²) in [5, 5.41) is 4.23. The molecule has 2 aromatic heterocycles. The lowest BCUT2D eigenvalue weighted by molar-refractivity contribution is 0.103. The van der Waals surface area contributed by atoms with Crippen molar-refractivity contribution in [1.82, 2.24) is 19.7 Å². The summed E-state index contributed by atoms with van der Waals surface area (Å²) in [5.41, 5.74) is 3.17. The van der Waals surface area contributed by atoms with Crippen molar-refractivity contribution in [3.05, 3.63) is 63.8 Å². The Labute approximate surface area is 142 Å². The van der Waals surface area contributed by atoms with Crippen molar-refractivity contribution in [2.24, 2.45) is 7.05 Å². The number of benzene rings is 1. The summed E-state index contributed by atoms with van der Waals surface area (Å²) in [6.07, 6.45) is 2.71. The van der Waals surface area contributed by atoms with Gasteiger partial charge >= 0.3 is 0 Å². The predicted molar refractivity (Wildman–Crippen MR) is 88.9 cm³/mol. The predicted octanol–water partition coefficient (Wildman–Crippen LogP) is 3.72. The Morgan fingerprint density at radius 1 is 1.09 bits per heavy atom. The number of hydrogen-bond donors (Lipinski definition) is 0. The molecule has 0 saturated carbocycles. The summed E-state index contributed by atoms with van der Waals surface area (Å²) in [5.74, 6) is -0.357. The molecule has 0 amide bonds. The molecule has 2 heterocycles. The van der Waals surface area contributed by atoms with Gasteiger partial charge in [0.1, 0.15) is 16.6 Å². The third kappa shape index (κ3) is 2.85. The highest BCUT2D eigenvalue weighted by atomic mass is 35.5. The lowest BCUT2D eigenvalue weighted by Crippen LogP contribution is -2.07. The number of halogens is 2. The minimum atomic E-state index is -0.357. The van der Waals surface area contributed by atoms with Crippen LogP contribution in [0.15, 0.2) is 36.8 Å². The summed E-state index contributed by atoms with van der Waals surface area (Å²) in [4.78, 5) is 20.5. The molecule has 0 aliphatic carbocycles. The van der Waals surface area contributed by atoms with Crippen LogP contribution in [-0.2, 0) is 7.05 Å². The Balaban J connectivity index is 2.15. The SMILES string of the molecule is Cc1ccc(-c2c(C(=O)c3c(Cl)ncnc3Cl)cnn2C)cc1. The number of rotatable bonds is 3. The van der Waals surface area contributed by atoms with Crippen LogP contribution < -0.4 is 0 Å². The molecule has 0 bridgehead atoms. The highest BCUT2D eigenvalue weighted by Gasteiger charge is 2.24. The first kappa shape index (κ1) is 15.6. The number of ketones is 1. The molecule has 5 nitrogen and oxygen atoms in total. The van der Waals surface area contributed by atoms with E-state index in [0.29, 0.717) is 11.3 Å². The maximum Gasteiger partial charge on any atom is 0.203 e. The van der Waals surface area contributed by atoms with E-state index in [4.69, 9.17) is 23.2 Å². The fraction of sp³-hybridized carbons (Fsp3) is 0.125. The second kappa shape index (κ2) is 6.10. The van der Waals surface area contributed by atoms with Gasteiger partial charge in [-0.25, -0.2) is 9.97 Å². The van der Waals surface area contributed by atoms with Crippen LogP contribution in [0.25, 0.3) is 11.3 Å². The van der Waals surface area contributed by atoms with E-state index in [-0.39, 0.29) is 21.7 Å². The molecule has 116 valence electrons. The second-order valence-electron chi connectivity index (χ2n) is 5.06. The molecule has 0 unspecified atom stereocenters. The van der Waals surface area contributed by atoms with Gasteiger partial charge in [0, 0.05) is 12.6 Å². The molecule has 0 radical (unpaired) electrons. The molecule has 0 atom stereocenters. The van der Waals surface area contributed by atoms with Crippen molar-refractivity contribution in [1.29, 1.82) is 0 Å². The maximum atomic E-state index is 12.9. The smallest absolute Gasteiger partial charge is 0.203 e. The zero-order valence-electron chi connectivity index (χ0n) is 12.4. The molecule has 3 rings (SSSR count). The van der Waals surface area contributed by atoms with E-state index in [2.05, 4.69) is 15.1 Å². The van der Waals surface area contributed by atoms with Crippen LogP contribution in [0.5, 0.6) is 0 Å². The van der Waals surface area contributed by atoms with Crippen molar-refractivity contribution in [3.8, 4) is 11.3 Å². The quantitative estimate of drug-likeness (QED) is 0.535. The second-order valence-corrected chi connectivity index (χ2v) is 5.77. The van der Waals surface area contributed by atoms with Crippen LogP contribution in [0.4, 0.5) is 0 Å². The Hall–Kier alpha value is -2.24. The van der Waals surface area contributed by atoms with Gasteiger partial charge in [-0.2, -0.15) is 5.10 Å². The minimum absolute atomic E-state index is 0.0220. The fourth-order valence-corrected chi connectivity index (χ4v) is 2.81. The monoisotopic (exact) mass is 346 g/mol. The lowest BCUT2D eigenvalue weighted by Gasteiger charge is -2.08. The zero-order valence-corrected chi connectivity index (χ0v) is 13.9. The first-order valence-electron chi connectivity index (χ1n) is 6.78. The molecule has 0 fully saturated rings. The zero-order chi connectivity index (χ0) is 16.6. The van der Waals surface area contributed by atoms with Gasteiger partial charge in [-0.05, 0) is 6.92 Å². The molecule has 0 aliphatic heterocycles. The molecular formula is C16H12Cl2N4O. The Kier molecular flexibility index (Phi) is 4.15. The molecule has 0 N–H and O–H groups in total. The fourth-order valence-electron chi connectivity index (χ4n) is 2.32. The first-order valence-corrected chi connectivity index (χ1v) is 7.54. The van der Waals surface area contributed by atoms with Crippen molar-refractivity contribution < 1.29 is 4.79 Å². The summed E-state index contributed by atoms with van der Waals surface area (Å²) < 4.78 is 1.64. The average molecular weight is 347 g/mol. The van der Waals surface area contributed by atoms with Crippen LogP contribution >= 0.6 is 23.2 Å². The van der Waals surface area contributed by atoms with Gasteiger partial charge in [-0.3, -0.25) is 9.48 Å². The lowest BCUT2D eigenvalue weighted by atomic mass is 10.0. The number of aromatic nitrogens is 4. The summed E-state index contributed by atoms with van der Waals surface area (Å²) in [6, 6.07) is 7.83. The average Bonchev–Trinajstić information content (AvgIpc) is 2.89. The molecule has 0 spiro atoms. The van der Waals surface area contributed by atoms with E-state index in [1.54, 1.807) is 11.7 Å². The number of hydrogen-bond acceptors (Lipinski definition) is 4. The summed E-state index contributed by atoms with van der Waals surface area (Å²) >= 11 is 12.0. The van der Waals surface area contributed by atoms with Gasteiger partial charge in [0.05, 0.1) is 23.0 Å². The van der Waals surface area contributed by atoms with E-state index >= 15 is 0 Å². The largest absolute Gasteiger partial charge is 0.288 e. The highest BCUT2D eigenvalue weighted by Crippen LogP contribution is 2.29. The van der Waals surface area contributed by atoms with E-state index < -0.39 is 0 Å². The molecule has 7 heteroatoms. The van der Waals surface area contributed by atoms with Crippen LogP contribution in [0.3, 0.4) is 0 Å². The molecule has 3 aromatic rings. The number of carbonyl (C=O) groups is 1. The van der Waals surface area contributed by atoms with E-state index in [1.165, 1.54) is 12.5 Å². The summed E-state index contributed by atoms with van der Waals surface area (Å²) in [6.45, 7) is 2.00. The van der Waals surface area contributed by atoms with Crippen molar-refractivity contribution in [3.63, 3.8) is 0 Å². The maximum absolute atomic E-state index is 12.9. The molecule has 1 aromatic carbocycles. The molecule has 0 saturated heterocycles. The Bertz CT molecular complexity index is 867. The van der Waals surface area contributed by atoms with Crippen molar-refractivity contribution in [2.45, 2.75) is 6.92 Å². The third-order valence-corrected chi connectivity index (χ3v) is 4.06. The van der Waals surface area contributed by atoms with Crippen molar-refractivity contribution >= 4 is 29.0 Å². The van der Waals surface area contributed by atoms with E-state index in [0.717, 1.165) is 11.1 Å². The van der Waals surface area contributed by atoms with Gasteiger partial charge in [-0.1, -0.05) is 53.0 Å². The van der Waals surface area contributed by atoms with Crippen LogP contribution in [-0.4, -0.2) is 25.5 Å². The third-order valence-electron chi connectivity index (χ3n) is 3.49. The van der Waals surface area contributed by atoms with Gasteiger partial charge in [0.2, 0.25) is 5.78 Å². The van der Waals surface area contributed by atoms with Crippen LogP contribution in [0.2, 0.25) is 10.3 Å². The van der Waals surface area contributed by atoms with Crippen LogP contribution in [0.1, 0.15) is 21.5 Å². The van der Waals surface area contributed by atoms with Gasteiger partial charge in [-0.15, -0.1) is 0 Å². The topological polar surface area (TPSA) is 60.7 Å². The molecular weight excluding hydrogens is 335 g/mol. The minimum Gasteiger partial charge on any atom is -0.288 e. The van der Waals surface area contributed by atoms with E-state index in [9.17, 15) is 4.79 Å². The van der Waals surface area contributed by atoms with Gasteiger partial charge in [0.15, 0.2) is 0 Å².